The molecule has 0 spiro atoms. The summed E-state index contributed by atoms with van der Waals surface area (Å²) in [5.41, 5.74) is 7.04. The van der Waals surface area contributed by atoms with Crippen molar-refractivity contribution in [3.05, 3.63) is 65.4 Å². The van der Waals surface area contributed by atoms with E-state index in [9.17, 15) is 5.26 Å². The van der Waals surface area contributed by atoms with Crippen LogP contribution in [0.2, 0.25) is 0 Å². The number of nitriles is 1. The zero-order valence-electron chi connectivity index (χ0n) is 13.0. The molecule has 4 rings (SSSR count). The van der Waals surface area contributed by atoms with Gasteiger partial charge in [-0.25, -0.2) is 0 Å². The van der Waals surface area contributed by atoms with Crippen LogP contribution in [0.3, 0.4) is 0 Å². The van der Waals surface area contributed by atoms with E-state index in [-0.39, 0.29) is 0 Å². The Morgan fingerprint density at radius 3 is 2.61 bits per heavy atom. The summed E-state index contributed by atoms with van der Waals surface area (Å²) in [5, 5.41) is 11.6. The molecule has 0 aliphatic heterocycles. The third-order valence-electron chi connectivity index (χ3n) is 4.37. The van der Waals surface area contributed by atoms with Gasteiger partial charge < -0.3 is 4.98 Å². The van der Waals surface area contributed by atoms with Gasteiger partial charge in [-0.05, 0) is 49.2 Å². The van der Waals surface area contributed by atoms with E-state index in [1.165, 1.54) is 10.9 Å². The van der Waals surface area contributed by atoms with E-state index in [1.54, 1.807) is 0 Å². The number of pyridine rings is 1. The Balaban J connectivity index is 2.14. The topological polar surface area (TPSA) is 52.5 Å². The highest BCUT2D eigenvalue weighted by Gasteiger charge is 2.14. The maximum absolute atomic E-state index is 9.26. The Hall–Kier alpha value is -3.12. The number of nitrogens with one attached hydrogen (secondary N) is 1. The van der Waals surface area contributed by atoms with Gasteiger partial charge in [0.25, 0.3) is 0 Å². The lowest BCUT2D eigenvalue weighted by atomic mass is 9.99. The van der Waals surface area contributed by atoms with Crippen molar-refractivity contribution in [3.63, 3.8) is 0 Å². The van der Waals surface area contributed by atoms with Crippen molar-refractivity contribution in [3.8, 4) is 17.3 Å². The maximum Gasteiger partial charge on any atom is 0.0995 e. The van der Waals surface area contributed by atoms with Crippen molar-refractivity contribution in [2.45, 2.75) is 13.8 Å². The number of H-pyrrole nitrogens is 1. The SMILES string of the molecule is Cc1cc2c(cc1C#N)[nH]c1c(-c3ccccn3)c(C)ccc12. The lowest BCUT2D eigenvalue weighted by Gasteiger charge is -2.06. The Labute approximate surface area is 134 Å². The largest absolute Gasteiger partial charge is 0.354 e. The van der Waals surface area contributed by atoms with Crippen molar-refractivity contribution in [1.82, 2.24) is 9.97 Å². The Morgan fingerprint density at radius 1 is 1.00 bits per heavy atom. The minimum absolute atomic E-state index is 0.708. The van der Waals surface area contributed by atoms with E-state index in [0.29, 0.717) is 5.56 Å². The van der Waals surface area contributed by atoms with E-state index in [0.717, 1.165) is 33.2 Å². The molecule has 0 radical (unpaired) electrons. The molecule has 0 aliphatic carbocycles. The summed E-state index contributed by atoms with van der Waals surface area (Å²) in [6.45, 7) is 4.07. The van der Waals surface area contributed by atoms with Crippen LogP contribution in [0.4, 0.5) is 0 Å². The highest BCUT2D eigenvalue weighted by molar-refractivity contribution is 6.12. The summed E-state index contributed by atoms with van der Waals surface area (Å²) in [6, 6.07) is 16.5. The molecule has 0 saturated heterocycles. The summed E-state index contributed by atoms with van der Waals surface area (Å²) in [4.78, 5) is 8.01. The van der Waals surface area contributed by atoms with Gasteiger partial charge in [0.15, 0.2) is 0 Å². The smallest absolute Gasteiger partial charge is 0.0995 e. The zero-order chi connectivity index (χ0) is 16.0. The van der Waals surface area contributed by atoms with Gasteiger partial charge in [0.2, 0.25) is 0 Å². The molecular weight excluding hydrogens is 282 g/mol. The molecule has 0 atom stereocenters. The number of benzene rings is 2. The van der Waals surface area contributed by atoms with Gasteiger partial charge in [0, 0.05) is 28.0 Å². The van der Waals surface area contributed by atoms with Gasteiger partial charge in [-0.15, -0.1) is 0 Å². The van der Waals surface area contributed by atoms with Crippen LogP contribution in [0.1, 0.15) is 16.7 Å². The molecule has 0 unspecified atom stereocenters. The molecular formula is C20H15N3. The first-order chi connectivity index (χ1) is 11.2. The summed E-state index contributed by atoms with van der Waals surface area (Å²) < 4.78 is 0. The van der Waals surface area contributed by atoms with Crippen molar-refractivity contribution < 1.29 is 0 Å². The first-order valence-electron chi connectivity index (χ1n) is 7.56. The molecule has 3 nitrogen and oxygen atoms in total. The van der Waals surface area contributed by atoms with Crippen LogP contribution < -0.4 is 0 Å². The molecule has 110 valence electrons. The summed E-state index contributed by atoms with van der Waals surface area (Å²) in [5.74, 6) is 0. The van der Waals surface area contributed by atoms with Crippen molar-refractivity contribution in [1.29, 1.82) is 5.26 Å². The maximum atomic E-state index is 9.26. The van der Waals surface area contributed by atoms with Gasteiger partial charge in [-0.2, -0.15) is 5.26 Å². The van der Waals surface area contributed by atoms with Crippen molar-refractivity contribution in [2.75, 3.05) is 0 Å². The van der Waals surface area contributed by atoms with Crippen LogP contribution in [0.5, 0.6) is 0 Å². The fraction of sp³-hybridized carbons (Fsp3) is 0.100. The molecule has 0 bridgehead atoms. The van der Waals surface area contributed by atoms with Gasteiger partial charge in [-0.3, -0.25) is 4.98 Å². The second-order valence-electron chi connectivity index (χ2n) is 5.84. The predicted molar refractivity (Wildman–Crippen MR) is 93.2 cm³/mol. The van der Waals surface area contributed by atoms with Gasteiger partial charge >= 0.3 is 0 Å². The number of aryl methyl sites for hydroxylation is 2. The first kappa shape index (κ1) is 13.5. The van der Waals surface area contributed by atoms with Crippen molar-refractivity contribution >= 4 is 21.8 Å². The van der Waals surface area contributed by atoms with Gasteiger partial charge in [0.1, 0.15) is 0 Å². The lowest BCUT2D eigenvalue weighted by Crippen LogP contribution is -1.88. The van der Waals surface area contributed by atoms with Crippen LogP contribution in [-0.2, 0) is 0 Å². The Morgan fingerprint density at radius 2 is 1.87 bits per heavy atom. The summed E-state index contributed by atoms with van der Waals surface area (Å²) in [7, 11) is 0. The molecule has 23 heavy (non-hydrogen) atoms. The first-order valence-corrected chi connectivity index (χ1v) is 7.56. The van der Waals surface area contributed by atoms with Crippen LogP contribution in [0.15, 0.2) is 48.7 Å². The average Bonchev–Trinajstić information content (AvgIpc) is 2.92. The summed E-state index contributed by atoms with van der Waals surface area (Å²) in [6.07, 6.45) is 1.81. The van der Waals surface area contributed by atoms with Gasteiger partial charge in [0.05, 0.1) is 22.8 Å². The van der Waals surface area contributed by atoms with E-state index in [2.05, 4.69) is 41.2 Å². The fourth-order valence-electron chi connectivity index (χ4n) is 3.19. The highest BCUT2D eigenvalue weighted by Crippen LogP contribution is 2.35. The molecule has 0 fully saturated rings. The fourth-order valence-corrected chi connectivity index (χ4v) is 3.19. The molecule has 0 amide bonds. The third kappa shape index (κ3) is 2.00. The normalized spacial score (nSPS) is 11.0. The van der Waals surface area contributed by atoms with E-state index < -0.39 is 0 Å². The van der Waals surface area contributed by atoms with Crippen LogP contribution in [0, 0.1) is 25.2 Å². The number of hydrogen-bond acceptors (Lipinski definition) is 2. The second-order valence-corrected chi connectivity index (χ2v) is 5.84. The summed E-state index contributed by atoms with van der Waals surface area (Å²) >= 11 is 0. The van der Waals surface area contributed by atoms with Gasteiger partial charge in [-0.1, -0.05) is 18.2 Å². The molecule has 2 aromatic heterocycles. The molecule has 3 heteroatoms. The molecule has 4 aromatic rings. The molecule has 2 heterocycles. The molecule has 1 N–H and O–H groups in total. The number of rotatable bonds is 1. The van der Waals surface area contributed by atoms with E-state index in [4.69, 9.17) is 0 Å². The number of nitrogens with zero attached hydrogens (tertiary/aromatic N) is 2. The monoisotopic (exact) mass is 297 g/mol. The standard InChI is InChI=1S/C20H15N3/c1-12-6-7-15-16-9-13(2)14(11-21)10-18(16)23-20(15)19(12)17-5-3-4-8-22-17/h3-10,23H,1-2H3. The number of fused-ring (bicyclic) bond motifs is 3. The molecule has 0 saturated carbocycles. The minimum Gasteiger partial charge on any atom is -0.354 e. The van der Waals surface area contributed by atoms with Crippen molar-refractivity contribution in [2.24, 2.45) is 0 Å². The Bertz CT molecular complexity index is 1080. The van der Waals surface area contributed by atoms with E-state index in [1.807, 2.05) is 37.4 Å². The minimum atomic E-state index is 0.708. The van der Waals surface area contributed by atoms with Crippen LogP contribution in [0.25, 0.3) is 33.1 Å². The van der Waals surface area contributed by atoms with Crippen LogP contribution in [-0.4, -0.2) is 9.97 Å². The third-order valence-corrected chi connectivity index (χ3v) is 4.37. The molecule has 2 aromatic carbocycles. The number of aromatic amines is 1. The van der Waals surface area contributed by atoms with Crippen LogP contribution >= 0.6 is 0 Å². The Kier molecular flexibility index (Phi) is 2.92. The lowest BCUT2D eigenvalue weighted by molar-refractivity contribution is 1.31. The predicted octanol–water partition coefficient (Wildman–Crippen LogP) is 4.87. The number of aromatic nitrogens is 2. The zero-order valence-corrected chi connectivity index (χ0v) is 13.0. The van der Waals surface area contributed by atoms with E-state index >= 15 is 0 Å². The second kappa shape index (κ2) is 4.96. The number of hydrogen-bond donors (Lipinski definition) is 1. The quantitative estimate of drug-likeness (QED) is 0.545. The molecule has 0 aliphatic rings. The average molecular weight is 297 g/mol. The highest BCUT2D eigenvalue weighted by atomic mass is 14.7.